The average Bonchev–Trinajstić information content (AvgIpc) is 2.38. The second kappa shape index (κ2) is 6.57. The van der Waals surface area contributed by atoms with Gasteiger partial charge in [-0.05, 0) is 31.0 Å². The molecule has 1 aromatic rings. The lowest BCUT2D eigenvalue weighted by Crippen LogP contribution is -2.53. The van der Waals surface area contributed by atoms with E-state index in [0.29, 0.717) is 24.4 Å². The molecule has 1 atom stereocenters. The van der Waals surface area contributed by atoms with Crippen LogP contribution in [0.5, 0.6) is 0 Å². The van der Waals surface area contributed by atoms with Crippen LogP contribution in [-0.2, 0) is 16.0 Å². The Morgan fingerprint density at radius 1 is 1.42 bits per heavy atom. The number of nitrogens with zero attached hydrogens (tertiary/aromatic N) is 1. The van der Waals surface area contributed by atoms with Gasteiger partial charge < -0.3 is 10.0 Å². The zero-order valence-electron chi connectivity index (χ0n) is 11.1. The van der Waals surface area contributed by atoms with Crippen molar-refractivity contribution in [2.45, 2.75) is 32.2 Å². The Kier molecular flexibility index (Phi) is 5.36. The van der Waals surface area contributed by atoms with Gasteiger partial charge in [-0.3, -0.25) is 4.79 Å². The van der Waals surface area contributed by atoms with Crippen molar-refractivity contribution in [1.82, 2.24) is 4.90 Å². The van der Waals surface area contributed by atoms with Crippen molar-refractivity contribution in [2.24, 2.45) is 0 Å². The number of hydrogen-bond donors (Lipinski definition) is 1. The number of aliphatic carboxylic acids is 1. The molecular weight excluding hydrogens is 266 g/mol. The summed E-state index contributed by atoms with van der Waals surface area (Å²) < 4.78 is 0. The summed E-state index contributed by atoms with van der Waals surface area (Å²) in [4.78, 5) is 24.0. The molecule has 1 aromatic carbocycles. The molecule has 5 heteroatoms. The first kappa shape index (κ1) is 15.5. The van der Waals surface area contributed by atoms with Gasteiger partial charge in [-0.25, -0.2) is 4.79 Å². The highest BCUT2D eigenvalue weighted by Gasteiger charge is 2.38. The molecule has 1 N–H and O–H groups in total. The SMILES string of the molecule is CCCN(C=O)C(C)(Cc1ccc(Cl)cc1)C(=O)O. The van der Waals surface area contributed by atoms with Gasteiger partial charge in [0.05, 0.1) is 0 Å². The number of benzene rings is 1. The number of carboxylic acid groups (broad SMARTS) is 1. The summed E-state index contributed by atoms with van der Waals surface area (Å²) in [5, 5.41) is 10.0. The molecule has 0 aliphatic carbocycles. The quantitative estimate of drug-likeness (QED) is 0.783. The van der Waals surface area contributed by atoms with E-state index in [0.717, 1.165) is 5.56 Å². The molecule has 19 heavy (non-hydrogen) atoms. The van der Waals surface area contributed by atoms with E-state index in [1.165, 1.54) is 4.90 Å². The highest BCUT2D eigenvalue weighted by molar-refractivity contribution is 6.30. The number of carboxylic acids is 1. The van der Waals surface area contributed by atoms with Crippen molar-refractivity contribution in [3.8, 4) is 0 Å². The number of hydrogen-bond acceptors (Lipinski definition) is 2. The molecule has 1 rings (SSSR count). The number of carbonyl (C=O) groups is 2. The van der Waals surface area contributed by atoms with Gasteiger partial charge >= 0.3 is 5.97 Å². The molecule has 0 radical (unpaired) electrons. The van der Waals surface area contributed by atoms with E-state index in [-0.39, 0.29) is 6.42 Å². The predicted molar refractivity (Wildman–Crippen MR) is 74.3 cm³/mol. The fraction of sp³-hybridized carbons (Fsp3) is 0.429. The molecule has 0 bridgehead atoms. The van der Waals surface area contributed by atoms with Crippen LogP contribution < -0.4 is 0 Å². The van der Waals surface area contributed by atoms with Gasteiger partial charge in [0.1, 0.15) is 5.54 Å². The summed E-state index contributed by atoms with van der Waals surface area (Å²) in [6, 6.07) is 6.98. The Morgan fingerprint density at radius 3 is 2.42 bits per heavy atom. The highest BCUT2D eigenvalue weighted by Crippen LogP contribution is 2.22. The molecule has 4 nitrogen and oxygen atoms in total. The van der Waals surface area contributed by atoms with Crippen LogP contribution in [0.3, 0.4) is 0 Å². The number of halogens is 1. The van der Waals surface area contributed by atoms with Crippen LogP contribution in [0, 0.1) is 0 Å². The Balaban J connectivity index is 3.02. The van der Waals surface area contributed by atoms with Crippen LogP contribution in [0.4, 0.5) is 0 Å². The van der Waals surface area contributed by atoms with Crippen molar-refractivity contribution < 1.29 is 14.7 Å². The fourth-order valence-corrected chi connectivity index (χ4v) is 2.08. The fourth-order valence-electron chi connectivity index (χ4n) is 1.96. The zero-order valence-corrected chi connectivity index (χ0v) is 11.9. The summed E-state index contributed by atoms with van der Waals surface area (Å²) in [6.45, 7) is 3.88. The molecule has 1 unspecified atom stereocenters. The Morgan fingerprint density at radius 2 is 2.00 bits per heavy atom. The maximum absolute atomic E-state index is 11.5. The average molecular weight is 284 g/mol. The molecule has 1 amide bonds. The van der Waals surface area contributed by atoms with E-state index in [9.17, 15) is 14.7 Å². The number of amides is 1. The second-order valence-electron chi connectivity index (χ2n) is 4.68. The Hall–Kier alpha value is -1.55. The Labute approximate surface area is 118 Å². The van der Waals surface area contributed by atoms with Crippen molar-refractivity contribution in [3.05, 3.63) is 34.9 Å². The van der Waals surface area contributed by atoms with Crippen LogP contribution in [0.1, 0.15) is 25.8 Å². The number of rotatable bonds is 7. The Bertz CT molecular complexity index is 447. The minimum absolute atomic E-state index is 0.248. The van der Waals surface area contributed by atoms with Crippen LogP contribution in [0.2, 0.25) is 5.02 Å². The molecule has 0 aliphatic rings. The summed E-state index contributed by atoms with van der Waals surface area (Å²) in [5.41, 5.74) is -0.414. The molecule has 0 fully saturated rings. The minimum Gasteiger partial charge on any atom is -0.479 e. The van der Waals surface area contributed by atoms with Gasteiger partial charge in [-0.2, -0.15) is 0 Å². The van der Waals surface area contributed by atoms with Crippen molar-refractivity contribution in [1.29, 1.82) is 0 Å². The standard InChI is InChI=1S/C14H18ClNO3/c1-3-8-16(10-17)14(2,13(18)19)9-11-4-6-12(15)7-5-11/h4-7,10H,3,8-9H2,1-2H3,(H,18,19). The molecule has 0 aromatic heterocycles. The third-order valence-electron chi connectivity index (χ3n) is 3.15. The first-order valence-corrected chi connectivity index (χ1v) is 6.51. The lowest BCUT2D eigenvalue weighted by molar-refractivity contribution is -0.154. The maximum atomic E-state index is 11.5. The normalized spacial score (nSPS) is 13.6. The van der Waals surface area contributed by atoms with Gasteiger partial charge in [0, 0.05) is 18.0 Å². The van der Waals surface area contributed by atoms with Gasteiger partial charge in [-0.1, -0.05) is 30.7 Å². The van der Waals surface area contributed by atoms with Crippen LogP contribution in [-0.4, -0.2) is 34.5 Å². The van der Waals surface area contributed by atoms with Gasteiger partial charge in [-0.15, -0.1) is 0 Å². The van der Waals surface area contributed by atoms with E-state index < -0.39 is 11.5 Å². The van der Waals surface area contributed by atoms with E-state index in [1.807, 2.05) is 6.92 Å². The monoisotopic (exact) mass is 283 g/mol. The lowest BCUT2D eigenvalue weighted by Gasteiger charge is -2.35. The highest BCUT2D eigenvalue weighted by atomic mass is 35.5. The van der Waals surface area contributed by atoms with Gasteiger partial charge in [0.25, 0.3) is 0 Å². The second-order valence-corrected chi connectivity index (χ2v) is 5.12. The van der Waals surface area contributed by atoms with E-state index in [4.69, 9.17) is 11.6 Å². The molecule has 0 spiro atoms. The summed E-state index contributed by atoms with van der Waals surface area (Å²) in [7, 11) is 0. The smallest absolute Gasteiger partial charge is 0.329 e. The molecular formula is C14H18ClNO3. The predicted octanol–water partition coefficient (Wildman–Crippen LogP) is 2.59. The van der Waals surface area contributed by atoms with Crippen LogP contribution >= 0.6 is 11.6 Å². The summed E-state index contributed by atoms with van der Waals surface area (Å²) in [6.07, 6.45) is 1.56. The largest absolute Gasteiger partial charge is 0.479 e. The molecule has 0 aliphatic heterocycles. The van der Waals surface area contributed by atoms with E-state index in [2.05, 4.69) is 0 Å². The first-order chi connectivity index (χ1) is 8.93. The van der Waals surface area contributed by atoms with Gasteiger partial charge in [0.2, 0.25) is 6.41 Å². The number of carbonyl (C=O) groups excluding carboxylic acids is 1. The van der Waals surface area contributed by atoms with E-state index in [1.54, 1.807) is 31.2 Å². The summed E-state index contributed by atoms with van der Waals surface area (Å²) in [5.74, 6) is -1.01. The van der Waals surface area contributed by atoms with Gasteiger partial charge in [0.15, 0.2) is 0 Å². The molecule has 104 valence electrons. The molecule has 0 heterocycles. The lowest BCUT2D eigenvalue weighted by atomic mass is 9.91. The third kappa shape index (κ3) is 3.70. The van der Waals surface area contributed by atoms with Crippen LogP contribution in [0.25, 0.3) is 0 Å². The third-order valence-corrected chi connectivity index (χ3v) is 3.40. The van der Waals surface area contributed by atoms with Crippen LogP contribution in [0.15, 0.2) is 24.3 Å². The van der Waals surface area contributed by atoms with Crippen molar-refractivity contribution >= 4 is 24.0 Å². The van der Waals surface area contributed by atoms with Crippen molar-refractivity contribution in [2.75, 3.05) is 6.54 Å². The maximum Gasteiger partial charge on any atom is 0.329 e. The van der Waals surface area contributed by atoms with E-state index >= 15 is 0 Å². The minimum atomic E-state index is -1.24. The first-order valence-electron chi connectivity index (χ1n) is 6.14. The van der Waals surface area contributed by atoms with Crippen molar-refractivity contribution in [3.63, 3.8) is 0 Å². The molecule has 0 saturated heterocycles. The zero-order chi connectivity index (χ0) is 14.5. The topological polar surface area (TPSA) is 57.6 Å². The molecule has 0 saturated carbocycles. The summed E-state index contributed by atoms with van der Waals surface area (Å²) >= 11 is 5.80.